The lowest BCUT2D eigenvalue weighted by atomic mass is 10.1. The van der Waals surface area contributed by atoms with Gasteiger partial charge in [-0.3, -0.25) is 4.79 Å². The SMILES string of the molecule is CC(C)n1ncc2c(C(=O)OCC(=O)N(C)Cc3ccco3)cc(-c3ccccc3)nc21. The average molecular weight is 432 g/mol. The maximum atomic E-state index is 13.0. The van der Waals surface area contributed by atoms with Gasteiger partial charge in [-0.2, -0.15) is 5.10 Å². The maximum absolute atomic E-state index is 13.0. The minimum atomic E-state index is -0.599. The normalized spacial score (nSPS) is 11.1. The molecule has 3 heterocycles. The molecule has 0 fully saturated rings. The Morgan fingerprint density at radius 1 is 1.16 bits per heavy atom. The molecule has 164 valence electrons. The summed E-state index contributed by atoms with van der Waals surface area (Å²) < 4.78 is 12.4. The van der Waals surface area contributed by atoms with E-state index in [0.717, 1.165) is 5.56 Å². The molecule has 32 heavy (non-hydrogen) atoms. The fraction of sp³-hybridized carbons (Fsp3) is 0.250. The number of rotatable bonds is 7. The third-order valence-corrected chi connectivity index (χ3v) is 5.07. The van der Waals surface area contributed by atoms with Crippen LogP contribution in [0.15, 0.2) is 65.4 Å². The van der Waals surface area contributed by atoms with Crippen molar-refractivity contribution in [1.29, 1.82) is 0 Å². The van der Waals surface area contributed by atoms with E-state index < -0.39 is 5.97 Å². The number of hydrogen-bond donors (Lipinski definition) is 0. The quantitative estimate of drug-likeness (QED) is 0.409. The summed E-state index contributed by atoms with van der Waals surface area (Å²) in [6.07, 6.45) is 3.16. The predicted octanol–water partition coefficient (Wildman–Crippen LogP) is 4.09. The molecule has 0 bridgehead atoms. The molecule has 8 heteroatoms. The van der Waals surface area contributed by atoms with Gasteiger partial charge in [0.2, 0.25) is 0 Å². The fourth-order valence-electron chi connectivity index (χ4n) is 3.36. The lowest BCUT2D eigenvalue weighted by Gasteiger charge is -2.16. The van der Waals surface area contributed by atoms with E-state index in [4.69, 9.17) is 14.1 Å². The van der Waals surface area contributed by atoms with E-state index in [1.165, 1.54) is 4.90 Å². The van der Waals surface area contributed by atoms with Gasteiger partial charge in [0.15, 0.2) is 12.3 Å². The van der Waals surface area contributed by atoms with Crippen molar-refractivity contribution in [2.24, 2.45) is 0 Å². The standard InChI is InChI=1S/C24H24N4O4/c1-16(2)28-23-20(13-25-28)19(12-21(26-23)17-8-5-4-6-9-17)24(30)32-15-22(29)27(3)14-18-10-7-11-31-18/h4-13,16H,14-15H2,1-3H3. The Balaban J connectivity index is 1.59. The van der Waals surface area contributed by atoms with Crippen LogP contribution in [-0.4, -0.2) is 45.2 Å². The number of hydrogen-bond acceptors (Lipinski definition) is 6. The summed E-state index contributed by atoms with van der Waals surface area (Å²) in [5, 5.41) is 4.98. The molecule has 4 aromatic rings. The first kappa shape index (κ1) is 21.3. The summed E-state index contributed by atoms with van der Waals surface area (Å²) >= 11 is 0. The molecular formula is C24H24N4O4. The lowest BCUT2D eigenvalue weighted by molar-refractivity contribution is -0.133. The second kappa shape index (κ2) is 9.05. The number of nitrogens with zero attached hydrogens (tertiary/aromatic N) is 4. The highest BCUT2D eigenvalue weighted by molar-refractivity contribution is 6.04. The minimum absolute atomic E-state index is 0.0618. The van der Waals surface area contributed by atoms with Crippen LogP contribution in [0.4, 0.5) is 0 Å². The van der Waals surface area contributed by atoms with E-state index >= 15 is 0 Å². The van der Waals surface area contributed by atoms with Gasteiger partial charge < -0.3 is 14.1 Å². The Kier molecular flexibility index (Phi) is 6.02. The van der Waals surface area contributed by atoms with E-state index in [2.05, 4.69) is 5.10 Å². The third kappa shape index (κ3) is 4.39. The summed E-state index contributed by atoms with van der Waals surface area (Å²) in [5.74, 6) is -0.282. The Morgan fingerprint density at radius 3 is 2.62 bits per heavy atom. The first-order valence-corrected chi connectivity index (χ1v) is 10.3. The highest BCUT2D eigenvalue weighted by Crippen LogP contribution is 2.26. The van der Waals surface area contributed by atoms with Crippen LogP contribution >= 0.6 is 0 Å². The monoisotopic (exact) mass is 432 g/mol. The predicted molar refractivity (Wildman–Crippen MR) is 119 cm³/mol. The first-order valence-electron chi connectivity index (χ1n) is 10.3. The second-order valence-corrected chi connectivity index (χ2v) is 7.75. The molecule has 0 aliphatic rings. The molecule has 1 amide bonds. The van der Waals surface area contributed by atoms with Gasteiger partial charge in [0, 0.05) is 18.7 Å². The summed E-state index contributed by atoms with van der Waals surface area (Å²) in [5.41, 5.74) is 2.42. The van der Waals surface area contributed by atoms with E-state index in [-0.39, 0.29) is 18.6 Å². The highest BCUT2D eigenvalue weighted by Gasteiger charge is 2.21. The highest BCUT2D eigenvalue weighted by atomic mass is 16.5. The zero-order valence-corrected chi connectivity index (χ0v) is 18.2. The number of carbonyl (C=O) groups is 2. The zero-order chi connectivity index (χ0) is 22.7. The van der Waals surface area contributed by atoms with Gasteiger partial charge in [-0.25, -0.2) is 14.5 Å². The number of benzene rings is 1. The van der Waals surface area contributed by atoms with E-state index in [1.54, 1.807) is 42.4 Å². The zero-order valence-electron chi connectivity index (χ0n) is 18.2. The van der Waals surface area contributed by atoms with Crippen molar-refractivity contribution in [1.82, 2.24) is 19.7 Å². The minimum Gasteiger partial charge on any atom is -0.467 e. The van der Waals surface area contributed by atoms with Crippen LogP contribution in [0.5, 0.6) is 0 Å². The van der Waals surface area contributed by atoms with Crippen molar-refractivity contribution in [3.8, 4) is 11.3 Å². The van der Waals surface area contributed by atoms with Gasteiger partial charge in [0.1, 0.15) is 5.76 Å². The molecule has 0 aliphatic heterocycles. The summed E-state index contributed by atoms with van der Waals surface area (Å²) in [6.45, 7) is 3.91. The molecule has 1 aromatic carbocycles. The van der Waals surface area contributed by atoms with Crippen molar-refractivity contribution < 1.29 is 18.7 Å². The molecule has 0 saturated heterocycles. The Labute approximate surface area is 185 Å². The van der Waals surface area contributed by atoms with Gasteiger partial charge in [-0.05, 0) is 32.0 Å². The number of ether oxygens (including phenoxy) is 1. The fourth-order valence-corrected chi connectivity index (χ4v) is 3.36. The van der Waals surface area contributed by atoms with Crippen molar-refractivity contribution in [3.05, 3.63) is 72.3 Å². The molecule has 0 unspecified atom stereocenters. The van der Waals surface area contributed by atoms with Crippen LogP contribution < -0.4 is 0 Å². The number of furan rings is 1. The molecule has 0 saturated carbocycles. The van der Waals surface area contributed by atoms with Gasteiger partial charge in [-0.15, -0.1) is 0 Å². The van der Waals surface area contributed by atoms with Crippen LogP contribution in [0.3, 0.4) is 0 Å². The number of pyridine rings is 1. The topological polar surface area (TPSA) is 90.5 Å². The largest absolute Gasteiger partial charge is 0.467 e. The van der Waals surface area contributed by atoms with Crippen LogP contribution in [0.25, 0.3) is 22.3 Å². The van der Waals surface area contributed by atoms with Crippen molar-refractivity contribution in [2.75, 3.05) is 13.7 Å². The van der Waals surface area contributed by atoms with Crippen LogP contribution in [0.2, 0.25) is 0 Å². The van der Waals surface area contributed by atoms with Crippen molar-refractivity contribution in [3.63, 3.8) is 0 Å². The van der Waals surface area contributed by atoms with E-state index in [0.29, 0.717) is 34.6 Å². The van der Waals surface area contributed by atoms with Crippen molar-refractivity contribution in [2.45, 2.75) is 26.4 Å². The van der Waals surface area contributed by atoms with Gasteiger partial charge >= 0.3 is 5.97 Å². The molecule has 4 rings (SSSR count). The first-order chi connectivity index (χ1) is 15.4. The van der Waals surface area contributed by atoms with Crippen LogP contribution in [-0.2, 0) is 16.1 Å². The number of aromatic nitrogens is 3. The number of carbonyl (C=O) groups excluding carboxylic acids is 2. The lowest BCUT2D eigenvalue weighted by Crippen LogP contribution is -2.30. The molecule has 0 aliphatic carbocycles. The molecule has 0 radical (unpaired) electrons. The average Bonchev–Trinajstić information content (AvgIpc) is 3.46. The smallest absolute Gasteiger partial charge is 0.339 e. The number of esters is 1. The second-order valence-electron chi connectivity index (χ2n) is 7.75. The number of fused-ring (bicyclic) bond motifs is 1. The van der Waals surface area contributed by atoms with Crippen LogP contribution in [0, 0.1) is 0 Å². The molecular weight excluding hydrogens is 408 g/mol. The Hall–Kier alpha value is -3.94. The van der Waals surface area contributed by atoms with Gasteiger partial charge in [0.05, 0.1) is 35.6 Å². The number of likely N-dealkylation sites (N-methyl/N-ethyl adjacent to an activating group) is 1. The molecule has 0 atom stereocenters. The third-order valence-electron chi connectivity index (χ3n) is 5.07. The van der Waals surface area contributed by atoms with Gasteiger partial charge in [0.25, 0.3) is 5.91 Å². The Bertz CT molecular complexity index is 1230. The van der Waals surface area contributed by atoms with Gasteiger partial charge in [-0.1, -0.05) is 30.3 Å². The Morgan fingerprint density at radius 2 is 1.94 bits per heavy atom. The van der Waals surface area contributed by atoms with E-state index in [9.17, 15) is 9.59 Å². The van der Waals surface area contributed by atoms with Crippen molar-refractivity contribution >= 4 is 22.9 Å². The maximum Gasteiger partial charge on any atom is 0.339 e. The summed E-state index contributed by atoms with van der Waals surface area (Å²) in [6, 6.07) is 14.9. The molecule has 8 nitrogen and oxygen atoms in total. The van der Waals surface area contributed by atoms with E-state index in [1.807, 2.05) is 44.2 Å². The number of amides is 1. The molecule has 0 N–H and O–H groups in total. The summed E-state index contributed by atoms with van der Waals surface area (Å²) in [4.78, 5) is 31.6. The van der Waals surface area contributed by atoms with Crippen LogP contribution in [0.1, 0.15) is 36.0 Å². The molecule has 3 aromatic heterocycles. The molecule has 0 spiro atoms. The summed E-state index contributed by atoms with van der Waals surface area (Å²) in [7, 11) is 1.63.